The fourth-order valence-corrected chi connectivity index (χ4v) is 9.07. The third-order valence-electron chi connectivity index (χ3n) is 10.5. The summed E-state index contributed by atoms with van der Waals surface area (Å²) in [4.78, 5) is 0. The van der Waals surface area contributed by atoms with Crippen molar-refractivity contribution in [3.8, 4) is 0 Å². The maximum absolute atomic E-state index is 11.6. The van der Waals surface area contributed by atoms with Crippen molar-refractivity contribution in [2.24, 2.45) is 46.3 Å². The summed E-state index contributed by atoms with van der Waals surface area (Å²) in [6, 6.07) is 0. The van der Waals surface area contributed by atoms with Crippen LogP contribution in [-0.2, 0) is 0 Å². The van der Waals surface area contributed by atoms with Crippen LogP contribution in [0, 0.1) is 46.3 Å². The molecule has 0 aliphatic heterocycles. The Morgan fingerprint density at radius 2 is 1.72 bits per heavy atom. The molecule has 0 spiro atoms. The number of aliphatic hydroxyl groups is 3. The fourth-order valence-electron chi connectivity index (χ4n) is 9.07. The highest BCUT2D eigenvalue weighted by molar-refractivity contribution is 5.26. The summed E-state index contributed by atoms with van der Waals surface area (Å²) in [6.07, 6.45) is 11.6. The van der Waals surface area contributed by atoms with Crippen LogP contribution in [0.3, 0.4) is 0 Å². The second-order valence-corrected chi connectivity index (χ2v) is 11.6. The van der Waals surface area contributed by atoms with E-state index < -0.39 is 0 Å². The molecule has 0 saturated heterocycles. The van der Waals surface area contributed by atoms with Gasteiger partial charge in [0, 0.05) is 6.61 Å². The number of aliphatic hydroxyl groups excluding tert-OH is 3. The predicted octanol–water partition coefficient (Wildman–Crippen LogP) is 4.94. The summed E-state index contributed by atoms with van der Waals surface area (Å²) in [5, 5.41) is 31.3. The van der Waals surface area contributed by atoms with E-state index in [9.17, 15) is 15.3 Å². The molecule has 0 aromatic heterocycles. The first-order chi connectivity index (χ1) is 13.8. The minimum absolute atomic E-state index is 0.205. The summed E-state index contributed by atoms with van der Waals surface area (Å²) < 4.78 is 0. The Hall–Kier alpha value is -0.380. The molecule has 0 aromatic rings. The Labute approximate surface area is 178 Å². The van der Waals surface area contributed by atoms with Crippen LogP contribution < -0.4 is 0 Å². The van der Waals surface area contributed by atoms with E-state index in [2.05, 4.69) is 33.8 Å². The fraction of sp³-hybridized carbons (Fsp3) is 0.923. The number of rotatable bonds is 4. The first kappa shape index (κ1) is 21.8. The molecule has 0 bridgehead atoms. The van der Waals surface area contributed by atoms with Crippen molar-refractivity contribution in [3.63, 3.8) is 0 Å². The van der Waals surface area contributed by atoms with E-state index in [0.29, 0.717) is 41.6 Å². The van der Waals surface area contributed by atoms with Gasteiger partial charge in [-0.1, -0.05) is 26.8 Å². The average molecular weight is 405 g/mol. The minimum atomic E-state index is -0.329. The number of hydrogen-bond donors (Lipinski definition) is 3. The van der Waals surface area contributed by atoms with Crippen LogP contribution in [0.5, 0.6) is 0 Å². The van der Waals surface area contributed by atoms with Gasteiger partial charge in [-0.3, -0.25) is 0 Å². The molecule has 4 rings (SSSR count). The molecule has 4 saturated carbocycles. The van der Waals surface area contributed by atoms with E-state index in [1.807, 2.05) is 0 Å². The van der Waals surface area contributed by atoms with Crippen LogP contribution in [-0.4, -0.2) is 34.1 Å². The summed E-state index contributed by atoms with van der Waals surface area (Å²) in [6.45, 7) is 9.81. The molecular formula is C26H44O3. The zero-order chi connectivity index (χ0) is 21.0. The SMILES string of the molecule is CC=C1[C@H](O)[C@@H]2[C@H](CC[C@]3(C)[C@@H]([C@H](C)CCCO)CC[C@@H]23)[C@@]2(C)CC[C@@H](O)C[C@@H]12. The van der Waals surface area contributed by atoms with Crippen LogP contribution in [0.4, 0.5) is 0 Å². The second kappa shape index (κ2) is 7.95. The lowest BCUT2D eigenvalue weighted by Crippen LogP contribution is -2.59. The number of fused-ring (bicyclic) bond motifs is 5. The van der Waals surface area contributed by atoms with Gasteiger partial charge in [0.25, 0.3) is 0 Å². The van der Waals surface area contributed by atoms with Gasteiger partial charge in [0.05, 0.1) is 12.2 Å². The van der Waals surface area contributed by atoms with Crippen LogP contribution >= 0.6 is 0 Å². The zero-order valence-corrected chi connectivity index (χ0v) is 19.1. The van der Waals surface area contributed by atoms with E-state index in [1.54, 1.807) is 0 Å². The smallest absolute Gasteiger partial charge is 0.0786 e. The van der Waals surface area contributed by atoms with Crippen LogP contribution in [0.15, 0.2) is 11.6 Å². The molecule has 4 aliphatic rings. The van der Waals surface area contributed by atoms with Crippen molar-refractivity contribution in [1.82, 2.24) is 0 Å². The second-order valence-electron chi connectivity index (χ2n) is 11.6. The normalized spacial score (nSPS) is 52.0. The topological polar surface area (TPSA) is 60.7 Å². The first-order valence-electron chi connectivity index (χ1n) is 12.4. The number of hydrogen-bond acceptors (Lipinski definition) is 3. The monoisotopic (exact) mass is 404 g/mol. The Morgan fingerprint density at radius 1 is 1.03 bits per heavy atom. The lowest BCUT2D eigenvalue weighted by molar-refractivity contribution is -0.147. The Kier molecular flexibility index (Phi) is 5.99. The summed E-state index contributed by atoms with van der Waals surface area (Å²) in [5.74, 6) is 3.30. The molecule has 3 nitrogen and oxygen atoms in total. The van der Waals surface area contributed by atoms with Crippen LogP contribution in [0.25, 0.3) is 0 Å². The van der Waals surface area contributed by atoms with Gasteiger partial charge in [0.1, 0.15) is 0 Å². The van der Waals surface area contributed by atoms with Gasteiger partial charge in [-0.15, -0.1) is 0 Å². The van der Waals surface area contributed by atoms with Crippen molar-refractivity contribution in [3.05, 3.63) is 11.6 Å². The van der Waals surface area contributed by atoms with Gasteiger partial charge in [-0.25, -0.2) is 0 Å². The molecular weight excluding hydrogens is 360 g/mol. The molecule has 4 fully saturated rings. The van der Waals surface area contributed by atoms with Crippen molar-refractivity contribution < 1.29 is 15.3 Å². The molecule has 0 aromatic carbocycles. The Balaban J connectivity index is 1.65. The van der Waals surface area contributed by atoms with Crippen molar-refractivity contribution >= 4 is 0 Å². The number of allylic oxidation sites excluding steroid dienone is 1. The van der Waals surface area contributed by atoms with Crippen LogP contribution in [0.1, 0.15) is 85.5 Å². The quantitative estimate of drug-likeness (QED) is 0.582. The Morgan fingerprint density at radius 3 is 2.41 bits per heavy atom. The van der Waals surface area contributed by atoms with Gasteiger partial charge in [0.15, 0.2) is 0 Å². The van der Waals surface area contributed by atoms with E-state index in [4.69, 9.17) is 0 Å². The van der Waals surface area contributed by atoms with Gasteiger partial charge < -0.3 is 15.3 Å². The van der Waals surface area contributed by atoms with Crippen molar-refractivity contribution in [2.75, 3.05) is 6.61 Å². The van der Waals surface area contributed by atoms with Gasteiger partial charge in [0.2, 0.25) is 0 Å². The lowest BCUT2D eigenvalue weighted by Gasteiger charge is -2.63. The predicted molar refractivity (Wildman–Crippen MR) is 117 cm³/mol. The maximum atomic E-state index is 11.6. The molecule has 0 heterocycles. The summed E-state index contributed by atoms with van der Waals surface area (Å²) in [5.41, 5.74) is 1.79. The van der Waals surface area contributed by atoms with Crippen LogP contribution in [0.2, 0.25) is 0 Å². The summed E-state index contributed by atoms with van der Waals surface area (Å²) in [7, 11) is 0. The van der Waals surface area contributed by atoms with E-state index in [0.717, 1.165) is 38.0 Å². The molecule has 29 heavy (non-hydrogen) atoms. The highest BCUT2D eigenvalue weighted by atomic mass is 16.3. The van der Waals surface area contributed by atoms with Gasteiger partial charge in [-0.2, -0.15) is 0 Å². The third-order valence-corrected chi connectivity index (χ3v) is 10.5. The highest BCUT2D eigenvalue weighted by Gasteiger charge is 2.63. The summed E-state index contributed by atoms with van der Waals surface area (Å²) >= 11 is 0. The molecule has 166 valence electrons. The zero-order valence-electron chi connectivity index (χ0n) is 19.1. The minimum Gasteiger partial charge on any atom is -0.396 e. The molecule has 0 unspecified atom stereocenters. The standard InChI is InChI=1S/C26H44O3/c1-5-18-22-15-17(28)10-12-26(22,4)21-11-13-25(3)19(16(2)7-6-14-27)8-9-20(25)23(21)24(18)29/h5,16-17,19-24,27-29H,6-15H2,1-4H3/t16-,17-,19-,20+,21+,22+,23+,24+,25-,26-/m1/s1. The molecule has 3 heteroatoms. The van der Waals surface area contributed by atoms with Crippen molar-refractivity contribution in [2.45, 2.75) is 97.7 Å². The maximum Gasteiger partial charge on any atom is 0.0786 e. The van der Waals surface area contributed by atoms with E-state index in [1.165, 1.54) is 31.3 Å². The molecule has 0 radical (unpaired) electrons. The Bertz CT molecular complexity index is 629. The molecule has 10 atom stereocenters. The van der Waals surface area contributed by atoms with Gasteiger partial charge >= 0.3 is 0 Å². The lowest BCUT2D eigenvalue weighted by atomic mass is 9.42. The van der Waals surface area contributed by atoms with E-state index >= 15 is 0 Å². The third kappa shape index (κ3) is 3.26. The first-order valence-corrected chi connectivity index (χ1v) is 12.4. The molecule has 3 N–H and O–H groups in total. The van der Waals surface area contributed by atoms with E-state index in [-0.39, 0.29) is 17.6 Å². The largest absolute Gasteiger partial charge is 0.396 e. The average Bonchev–Trinajstić information content (AvgIpc) is 3.05. The molecule has 4 aliphatic carbocycles. The molecule has 0 amide bonds. The van der Waals surface area contributed by atoms with Crippen molar-refractivity contribution in [1.29, 1.82) is 0 Å². The van der Waals surface area contributed by atoms with Gasteiger partial charge in [-0.05, 0) is 117 Å². The highest BCUT2D eigenvalue weighted by Crippen LogP contribution is 2.69.